The summed E-state index contributed by atoms with van der Waals surface area (Å²) in [6, 6.07) is 3.97. The molecule has 1 aromatic rings. The van der Waals surface area contributed by atoms with Crippen molar-refractivity contribution in [3.8, 4) is 6.07 Å². The monoisotopic (exact) mass is 360 g/mol. The summed E-state index contributed by atoms with van der Waals surface area (Å²) in [6.45, 7) is 5.45. The van der Waals surface area contributed by atoms with Gasteiger partial charge in [0.25, 0.3) is 0 Å². The third kappa shape index (κ3) is 3.54. The van der Waals surface area contributed by atoms with E-state index in [1.165, 1.54) is 11.5 Å². The van der Waals surface area contributed by atoms with Crippen LogP contribution < -0.4 is 5.32 Å². The molecule has 2 heterocycles. The maximum absolute atomic E-state index is 12.5. The third-order valence-electron chi connectivity index (χ3n) is 5.68. The molecular weight excluding hydrogens is 336 g/mol. The zero-order valence-corrected chi connectivity index (χ0v) is 15.6. The molecule has 2 aliphatic rings. The number of nitriles is 1. The lowest BCUT2D eigenvalue weighted by Gasteiger charge is -2.44. The molecule has 1 aliphatic carbocycles. The van der Waals surface area contributed by atoms with E-state index in [-0.39, 0.29) is 17.2 Å². The van der Waals surface area contributed by atoms with Crippen LogP contribution in [0.4, 0.5) is 0 Å². The van der Waals surface area contributed by atoms with Gasteiger partial charge in [0, 0.05) is 25.0 Å². The van der Waals surface area contributed by atoms with Gasteiger partial charge in [-0.15, -0.1) is 0 Å². The first-order valence-electron chi connectivity index (χ1n) is 8.73. The topological polar surface area (TPSA) is 86.1 Å². The highest BCUT2D eigenvalue weighted by molar-refractivity contribution is 7.03. The van der Waals surface area contributed by atoms with E-state index in [0.29, 0.717) is 25.4 Å². The highest BCUT2D eigenvalue weighted by Crippen LogP contribution is 2.54. The zero-order chi connectivity index (χ0) is 18.1. The smallest absolute Gasteiger partial charge is 0.242 e. The second-order valence-corrected chi connectivity index (χ2v) is 8.45. The van der Waals surface area contributed by atoms with Gasteiger partial charge in [0.2, 0.25) is 11.8 Å². The van der Waals surface area contributed by atoms with Crippen LogP contribution in [0.1, 0.15) is 38.8 Å². The summed E-state index contributed by atoms with van der Waals surface area (Å²) < 4.78 is 4.15. The molecule has 1 aliphatic heterocycles. The van der Waals surface area contributed by atoms with Crippen LogP contribution in [-0.2, 0) is 16.0 Å². The maximum Gasteiger partial charge on any atom is 0.242 e. The van der Waals surface area contributed by atoms with Gasteiger partial charge in [0.05, 0.1) is 18.2 Å². The molecule has 0 radical (unpaired) electrons. The van der Waals surface area contributed by atoms with Crippen LogP contribution in [0.5, 0.6) is 0 Å². The van der Waals surface area contributed by atoms with E-state index in [4.69, 9.17) is 0 Å². The van der Waals surface area contributed by atoms with Gasteiger partial charge in [-0.25, -0.2) is 0 Å². The van der Waals surface area contributed by atoms with Crippen molar-refractivity contribution in [3.63, 3.8) is 0 Å². The van der Waals surface area contributed by atoms with Gasteiger partial charge in [-0.2, -0.15) is 9.64 Å². The number of rotatable bonds is 6. The van der Waals surface area contributed by atoms with E-state index >= 15 is 0 Å². The summed E-state index contributed by atoms with van der Waals surface area (Å²) in [6.07, 6.45) is 3.43. The van der Waals surface area contributed by atoms with Crippen LogP contribution in [0.25, 0.3) is 0 Å². The van der Waals surface area contributed by atoms with E-state index in [0.717, 1.165) is 31.5 Å². The minimum absolute atomic E-state index is 0.00489. The average Bonchev–Trinajstić information content (AvgIpc) is 3.15. The van der Waals surface area contributed by atoms with Crippen LogP contribution >= 0.6 is 11.5 Å². The van der Waals surface area contributed by atoms with E-state index in [9.17, 15) is 14.9 Å². The first-order valence-corrected chi connectivity index (χ1v) is 9.56. The molecular formula is C18H24N4O2S. The Balaban J connectivity index is 1.50. The molecule has 2 atom stereocenters. The fraction of sp³-hybridized carbons (Fsp3) is 0.667. The Morgan fingerprint density at radius 1 is 1.56 bits per heavy atom. The molecule has 1 saturated carbocycles. The summed E-state index contributed by atoms with van der Waals surface area (Å²) in [4.78, 5) is 26.4. The third-order valence-corrected chi connectivity index (χ3v) is 6.28. The average molecular weight is 360 g/mol. The highest BCUT2D eigenvalue weighted by atomic mass is 32.1. The van der Waals surface area contributed by atoms with Crippen molar-refractivity contribution in [2.24, 2.45) is 16.7 Å². The normalized spacial score (nSPS) is 25.0. The molecule has 1 aromatic heterocycles. The molecule has 25 heavy (non-hydrogen) atoms. The van der Waals surface area contributed by atoms with Crippen molar-refractivity contribution >= 4 is 23.3 Å². The Morgan fingerprint density at radius 2 is 2.36 bits per heavy atom. The molecule has 1 N–H and O–H groups in total. The molecule has 2 unspecified atom stereocenters. The number of carbonyl (C=O) groups is 2. The van der Waals surface area contributed by atoms with Crippen molar-refractivity contribution in [2.75, 3.05) is 19.6 Å². The Morgan fingerprint density at radius 3 is 2.96 bits per heavy atom. The summed E-state index contributed by atoms with van der Waals surface area (Å²) in [7, 11) is 0. The van der Waals surface area contributed by atoms with Gasteiger partial charge in [0.15, 0.2) is 0 Å². The van der Waals surface area contributed by atoms with Crippen molar-refractivity contribution < 1.29 is 9.59 Å². The molecule has 134 valence electrons. The van der Waals surface area contributed by atoms with Crippen LogP contribution in [0.3, 0.4) is 0 Å². The number of likely N-dealkylation sites (tertiary alicyclic amines) is 1. The van der Waals surface area contributed by atoms with E-state index < -0.39 is 5.41 Å². The Hall–Kier alpha value is -1.94. The molecule has 1 saturated heterocycles. The molecule has 3 rings (SSSR count). The number of nitrogens with one attached hydrogen (secondary N) is 1. The fourth-order valence-electron chi connectivity index (χ4n) is 3.97. The fourth-order valence-corrected chi connectivity index (χ4v) is 4.51. The lowest BCUT2D eigenvalue weighted by atomic mass is 9.60. The number of aromatic nitrogens is 1. The number of fused-ring (bicyclic) bond motifs is 1. The van der Waals surface area contributed by atoms with Crippen LogP contribution in [-0.4, -0.2) is 40.7 Å². The first-order chi connectivity index (χ1) is 11.9. The van der Waals surface area contributed by atoms with E-state index in [2.05, 4.69) is 15.8 Å². The lowest BCUT2D eigenvalue weighted by Crippen LogP contribution is -2.43. The second-order valence-electron chi connectivity index (χ2n) is 7.79. The van der Waals surface area contributed by atoms with Gasteiger partial charge in [-0.3, -0.25) is 9.59 Å². The Kier molecular flexibility index (Phi) is 4.83. The molecule has 0 bridgehead atoms. The number of hydrogen-bond acceptors (Lipinski definition) is 5. The van der Waals surface area contributed by atoms with Crippen LogP contribution in [0.2, 0.25) is 0 Å². The molecule has 2 amide bonds. The van der Waals surface area contributed by atoms with Gasteiger partial charge in [-0.05, 0) is 62.0 Å². The van der Waals surface area contributed by atoms with Crippen molar-refractivity contribution in [1.82, 2.24) is 14.6 Å². The SMILES string of the molecule is CC(C)(C#N)C(=O)N1CC2CCC2(CCNC(=O)Cc2ccsn2)C1. The zero-order valence-electron chi connectivity index (χ0n) is 14.7. The van der Waals surface area contributed by atoms with E-state index in [1.54, 1.807) is 13.8 Å². The van der Waals surface area contributed by atoms with Gasteiger partial charge < -0.3 is 10.2 Å². The molecule has 2 fully saturated rings. The molecule has 6 nitrogen and oxygen atoms in total. The van der Waals surface area contributed by atoms with Gasteiger partial charge in [0.1, 0.15) is 5.41 Å². The van der Waals surface area contributed by atoms with Crippen LogP contribution in [0.15, 0.2) is 11.4 Å². The predicted molar refractivity (Wildman–Crippen MR) is 94.6 cm³/mol. The lowest BCUT2D eigenvalue weighted by molar-refractivity contribution is -0.136. The number of nitrogens with zero attached hydrogens (tertiary/aromatic N) is 3. The molecule has 0 spiro atoms. The maximum atomic E-state index is 12.5. The van der Waals surface area contributed by atoms with Gasteiger partial charge in [-0.1, -0.05) is 0 Å². The van der Waals surface area contributed by atoms with Crippen molar-refractivity contribution in [1.29, 1.82) is 5.26 Å². The molecule has 0 aromatic carbocycles. The van der Waals surface area contributed by atoms with Crippen molar-refractivity contribution in [3.05, 3.63) is 17.1 Å². The Labute approximate surface area is 152 Å². The summed E-state index contributed by atoms with van der Waals surface area (Å²) in [5.41, 5.74) is -0.0412. The number of amides is 2. The molecule has 7 heteroatoms. The van der Waals surface area contributed by atoms with Gasteiger partial charge >= 0.3 is 0 Å². The van der Waals surface area contributed by atoms with Crippen LogP contribution in [0, 0.1) is 28.1 Å². The summed E-state index contributed by atoms with van der Waals surface area (Å²) in [5, 5.41) is 14.0. The van der Waals surface area contributed by atoms with Crippen molar-refractivity contribution in [2.45, 2.75) is 39.5 Å². The first kappa shape index (κ1) is 17.9. The second kappa shape index (κ2) is 6.75. The minimum Gasteiger partial charge on any atom is -0.356 e. The predicted octanol–water partition coefficient (Wildman–Crippen LogP) is 1.98. The number of hydrogen-bond donors (Lipinski definition) is 1. The Bertz CT molecular complexity index is 694. The summed E-state index contributed by atoms with van der Waals surface area (Å²) in [5.74, 6) is 0.424. The quantitative estimate of drug-likeness (QED) is 0.840. The minimum atomic E-state index is -0.966. The summed E-state index contributed by atoms with van der Waals surface area (Å²) >= 11 is 1.35. The number of carbonyl (C=O) groups excluding carboxylic acids is 2. The largest absolute Gasteiger partial charge is 0.356 e. The van der Waals surface area contributed by atoms with E-state index in [1.807, 2.05) is 16.3 Å². The standard InChI is InChI=1S/C18H24N4O2S/c1-17(2,11-19)16(24)22-10-13-3-5-18(13,12-22)6-7-20-15(23)9-14-4-8-25-21-14/h4,8,13H,3,5-7,9-10,12H2,1-2H3,(H,20,23). The highest BCUT2D eigenvalue weighted by Gasteiger charge is 2.54.